The molecule has 524 valence electrons. The van der Waals surface area contributed by atoms with Crippen molar-refractivity contribution >= 4 is 81.9 Å². The van der Waals surface area contributed by atoms with Gasteiger partial charge in [0.1, 0.15) is 20.2 Å². The van der Waals surface area contributed by atoms with E-state index in [4.69, 9.17) is 18.9 Å². The summed E-state index contributed by atoms with van der Waals surface area (Å²) in [5, 5.41) is 0. The second-order valence-electron chi connectivity index (χ2n) is 24.3. The first-order valence-electron chi connectivity index (χ1n) is 36.1. The molecule has 2 aromatic rings. The zero-order valence-electron chi connectivity index (χ0n) is 58.3. The van der Waals surface area contributed by atoms with Gasteiger partial charge in [0.2, 0.25) is 0 Å². The van der Waals surface area contributed by atoms with Gasteiger partial charge < -0.3 is 28.1 Å². The first kappa shape index (κ1) is 89.4. The van der Waals surface area contributed by atoms with Gasteiger partial charge in [0, 0.05) is 0 Å². The topological polar surface area (TPSA) is 220 Å². The Hall–Kier alpha value is -3.64. The molecule has 0 aromatic heterocycles. The average Bonchev–Trinajstić information content (AvgIpc) is 0.860. The smallest absolute Gasteiger partial charge is 0.744 e. The van der Waals surface area contributed by atoms with Crippen LogP contribution in [-0.4, -0.2) is 114 Å². The number of carbonyl (C=O) groups excluding carboxylic acids is 4. The van der Waals surface area contributed by atoms with E-state index in [0.29, 0.717) is 25.7 Å². The van der Waals surface area contributed by atoms with E-state index in [9.17, 15) is 45.1 Å². The Balaban J connectivity index is 0.00000180. The number of benzene rings is 2. The number of rotatable bonds is 58. The Morgan fingerprint density at radius 3 is 0.667 bits per heavy atom. The maximum absolute atomic E-state index is 12.8. The summed E-state index contributed by atoms with van der Waals surface area (Å²) in [5.74, 6) is -3.12. The summed E-state index contributed by atoms with van der Waals surface area (Å²) in [7, 11) is -9.62. The van der Waals surface area contributed by atoms with Gasteiger partial charge in [-0.3, -0.25) is 0 Å². The van der Waals surface area contributed by atoms with Crippen molar-refractivity contribution in [3.05, 3.63) is 107 Å². The molecule has 17 heteroatoms. The molecular formula is C76H122CaO14S2. The van der Waals surface area contributed by atoms with Crippen LogP contribution in [0.25, 0.3) is 0 Å². The van der Waals surface area contributed by atoms with E-state index in [-0.39, 0.29) is 86.4 Å². The van der Waals surface area contributed by atoms with Crippen molar-refractivity contribution in [2.24, 2.45) is 0 Å². The average molecular weight is 1360 g/mol. The summed E-state index contributed by atoms with van der Waals surface area (Å²) in [6, 6.07) is 6.21. The molecule has 0 saturated carbocycles. The van der Waals surface area contributed by atoms with Crippen LogP contribution in [-0.2, 0) is 39.2 Å². The van der Waals surface area contributed by atoms with Gasteiger partial charge in [0.05, 0.1) is 58.5 Å². The Morgan fingerprint density at radius 1 is 0.290 bits per heavy atom. The van der Waals surface area contributed by atoms with Gasteiger partial charge in [-0.15, -0.1) is 0 Å². The first-order valence-corrected chi connectivity index (χ1v) is 38.9. The van der Waals surface area contributed by atoms with Gasteiger partial charge in [-0.1, -0.05) is 256 Å². The number of allylic oxidation sites excluding steroid dienone is 8. The summed E-state index contributed by atoms with van der Waals surface area (Å²) in [6.45, 7) is 9.33. The zero-order chi connectivity index (χ0) is 67.4. The number of hydrogen-bond donors (Lipinski definition) is 0. The van der Waals surface area contributed by atoms with Gasteiger partial charge in [-0.2, -0.15) is 0 Å². The molecule has 0 saturated heterocycles. The van der Waals surface area contributed by atoms with Crippen LogP contribution in [0.5, 0.6) is 0 Å². The van der Waals surface area contributed by atoms with Gasteiger partial charge >= 0.3 is 61.6 Å². The number of unbranched alkanes of at least 4 members (excludes halogenated alkanes) is 36. The third kappa shape index (κ3) is 50.4. The van der Waals surface area contributed by atoms with Crippen molar-refractivity contribution in [1.29, 1.82) is 0 Å². The Labute approximate surface area is 595 Å². The van der Waals surface area contributed by atoms with E-state index < -0.39 is 53.9 Å². The molecule has 0 N–H and O–H groups in total. The van der Waals surface area contributed by atoms with E-state index in [1.807, 2.05) is 0 Å². The molecule has 0 radical (unpaired) electrons. The third-order valence-electron chi connectivity index (χ3n) is 16.0. The number of esters is 4. The zero-order valence-corrected chi connectivity index (χ0v) is 62.1. The summed E-state index contributed by atoms with van der Waals surface area (Å²) < 4.78 is 91.0. The Kier molecular flexibility index (Phi) is 59.5. The van der Waals surface area contributed by atoms with E-state index >= 15 is 0 Å². The summed E-state index contributed by atoms with van der Waals surface area (Å²) in [6.07, 6.45) is 67.3. The molecular weight excluding hydrogens is 1240 g/mol. The molecule has 93 heavy (non-hydrogen) atoms. The van der Waals surface area contributed by atoms with Crippen molar-refractivity contribution in [2.45, 2.75) is 320 Å². The van der Waals surface area contributed by atoms with Crippen LogP contribution in [0.3, 0.4) is 0 Å². The van der Waals surface area contributed by atoms with E-state index in [0.717, 1.165) is 139 Å². The molecule has 0 atom stereocenters. The van der Waals surface area contributed by atoms with Gasteiger partial charge in [0.25, 0.3) is 0 Å². The van der Waals surface area contributed by atoms with Crippen LogP contribution >= 0.6 is 0 Å². The second-order valence-corrected chi connectivity index (χ2v) is 27.0. The van der Waals surface area contributed by atoms with Gasteiger partial charge in [0.15, 0.2) is 0 Å². The SMILES string of the molecule is CC/C=C/CCCCCCCCCCCOC(=O)c1ccc(S(=O)(=O)[O-])cc1C(=O)OCCCCCCCCCCC/C=C/CC.CC/C=C/CCCCCCCCCCCOC(=O)c1ccc(S(=O)(=O)[O-])cc1C(=O)OCCCCCCCCCCC/C=C/CC.[Ca+2]. The molecule has 0 spiro atoms. The van der Waals surface area contributed by atoms with Crippen LogP contribution in [0.4, 0.5) is 0 Å². The molecule has 0 bridgehead atoms. The molecule has 0 aliphatic carbocycles. The Morgan fingerprint density at radius 2 is 0.473 bits per heavy atom. The molecule has 0 unspecified atom stereocenters. The summed E-state index contributed by atoms with van der Waals surface area (Å²) in [4.78, 5) is 50.1. The number of hydrogen-bond acceptors (Lipinski definition) is 14. The van der Waals surface area contributed by atoms with E-state index in [1.165, 1.54) is 154 Å². The largest absolute Gasteiger partial charge is 2.00 e. The van der Waals surface area contributed by atoms with Gasteiger partial charge in [-0.25, -0.2) is 36.0 Å². The predicted octanol–water partition coefficient (Wildman–Crippen LogP) is 20.9. The van der Waals surface area contributed by atoms with Crippen LogP contribution < -0.4 is 0 Å². The molecule has 0 amide bonds. The fourth-order valence-corrected chi connectivity index (χ4v) is 11.6. The fourth-order valence-electron chi connectivity index (χ4n) is 10.6. The van der Waals surface area contributed by atoms with Crippen LogP contribution in [0, 0.1) is 0 Å². The third-order valence-corrected chi connectivity index (χ3v) is 17.7. The van der Waals surface area contributed by atoms with Crippen LogP contribution in [0.2, 0.25) is 0 Å². The standard InChI is InChI=1S/2C38H62O7S.Ca/c2*1-3-5-7-9-11-13-15-17-19-21-23-25-27-31-44-37(39)35-30-29-34(46(41,42)43)33-36(35)38(40)45-32-28-26-24-22-20-18-16-14-12-10-8-6-4-2;/h2*5-8,29-30,33H,3-4,9-28,31-32H2,1-2H3,(H,41,42,43);/q;;+2/p-2/b2*7-5+,8-6+;. The van der Waals surface area contributed by atoms with Crippen molar-refractivity contribution in [2.75, 3.05) is 26.4 Å². The van der Waals surface area contributed by atoms with Crippen LogP contribution in [0.15, 0.2) is 94.8 Å². The van der Waals surface area contributed by atoms with Crippen LogP contribution in [0.1, 0.15) is 352 Å². The normalized spacial score (nSPS) is 11.8. The molecule has 0 fully saturated rings. The molecule has 14 nitrogen and oxygen atoms in total. The predicted molar refractivity (Wildman–Crippen MR) is 378 cm³/mol. The summed E-state index contributed by atoms with van der Waals surface area (Å²) in [5.41, 5.74) is -0.699. The minimum absolute atomic E-state index is 0. The minimum Gasteiger partial charge on any atom is -0.744 e. The van der Waals surface area contributed by atoms with Crippen molar-refractivity contribution in [3.8, 4) is 0 Å². The monoisotopic (exact) mass is 1360 g/mol. The van der Waals surface area contributed by atoms with Crippen molar-refractivity contribution < 1.29 is 64.1 Å². The maximum atomic E-state index is 12.8. The van der Waals surface area contributed by atoms with Gasteiger partial charge in [-0.05, 0) is 139 Å². The Bertz CT molecular complexity index is 2400. The van der Waals surface area contributed by atoms with Crippen molar-refractivity contribution in [3.63, 3.8) is 0 Å². The van der Waals surface area contributed by atoms with Crippen molar-refractivity contribution in [1.82, 2.24) is 0 Å². The molecule has 0 heterocycles. The second kappa shape index (κ2) is 61.9. The maximum Gasteiger partial charge on any atom is 2.00 e. The van der Waals surface area contributed by atoms with E-state index in [1.54, 1.807) is 0 Å². The fraction of sp³-hybridized carbons (Fsp3) is 0.684. The quantitative estimate of drug-likeness (QED) is 0.0150. The summed E-state index contributed by atoms with van der Waals surface area (Å²) >= 11 is 0. The molecule has 0 aliphatic heterocycles. The number of ether oxygens (including phenoxy) is 4. The molecule has 2 rings (SSSR count). The molecule has 2 aromatic carbocycles. The van der Waals surface area contributed by atoms with E-state index in [2.05, 4.69) is 76.3 Å². The molecule has 0 aliphatic rings. The first-order chi connectivity index (χ1) is 44.6. The number of carbonyl (C=O) groups is 4. The minimum atomic E-state index is -4.81.